The van der Waals surface area contributed by atoms with Crippen molar-refractivity contribution in [2.45, 2.75) is 43.9 Å². The van der Waals surface area contributed by atoms with Crippen molar-refractivity contribution in [2.24, 2.45) is 5.92 Å². The highest BCUT2D eigenvalue weighted by atomic mass is 35.7. The van der Waals surface area contributed by atoms with Gasteiger partial charge in [0.15, 0.2) is 0 Å². The molecule has 0 aromatic heterocycles. The summed E-state index contributed by atoms with van der Waals surface area (Å²) in [5.41, 5.74) is 0. The smallest absolute Gasteiger partial charge is 0.237 e. The van der Waals surface area contributed by atoms with E-state index in [0.717, 1.165) is 12.0 Å². The van der Waals surface area contributed by atoms with Crippen molar-refractivity contribution in [3.8, 4) is 0 Å². The standard InChI is InChI=1S/C8H14Cl2OSi/c9-12(10)4-3-6-1-2-7-8(5-6)11-7/h6-8,12H,1-5H2. The van der Waals surface area contributed by atoms with Gasteiger partial charge >= 0.3 is 0 Å². The van der Waals surface area contributed by atoms with E-state index >= 15 is 0 Å². The maximum absolute atomic E-state index is 5.82. The van der Waals surface area contributed by atoms with Crippen molar-refractivity contribution in [2.75, 3.05) is 0 Å². The minimum atomic E-state index is -1.34. The monoisotopic (exact) mass is 224 g/mol. The molecule has 0 spiro atoms. The fraction of sp³-hybridized carbons (Fsp3) is 1.00. The molecule has 0 amide bonds. The number of epoxide rings is 1. The van der Waals surface area contributed by atoms with Crippen molar-refractivity contribution in [3.05, 3.63) is 0 Å². The van der Waals surface area contributed by atoms with Gasteiger partial charge in [-0.15, -0.1) is 0 Å². The van der Waals surface area contributed by atoms with E-state index in [2.05, 4.69) is 0 Å². The summed E-state index contributed by atoms with van der Waals surface area (Å²) in [6, 6.07) is 1.07. The molecule has 3 unspecified atom stereocenters. The number of rotatable bonds is 3. The summed E-state index contributed by atoms with van der Waals surface area (Å²) in [6.45, 7) is 0. The van der Waals surface area contributed by atoms with Gasteiger partial charge in [0.25, 0.3) is 0 Å². The number of fused-ring (bicyclic) bond motifs is 1. The number of halogens is 2. The third kappa shape index (κ3) is 2.38. The first-order chi connectivity index (χ1) is 5.75. The van der Waals surface area contributed by atoms with E-state index in [1.165, 1.54) is 25.7 Å². The molecule has 0 aromatic rings. The van der Waals surface area contributed by atoms with Crippen molar-refractivity contribution >= 4 is 29.6 Å². The maximum atomic E-state index is 5.82. The van der Waals surface area contributed by atoms with E-state index in [1.54, 1.807) is 0 Å². The van der Waals surface area contributed by atoms with Crippen LogP contribution in [0.5, 0.6) is 0 Å². The quantitative estimate of drug-likeness (QED) is 0.408. The van der Waals surface area contributed by atoms with Gasteiger partial charge in [0, 0.05) is 0 Å². The Labute approximate surface area is 84.4 Å². The molecule has 2 fully saturated rings. The Balaban J connectivity index is 1.67. The van der Waals surface area contributed by atoms with E-state index in [4.69, 9.17) is 26.9 Å². The second kappa shape index (κ2) is 3.87. The molecule has 1 aliphatic carbocycles. The predicted molar refractivity (Wildman–Crippen MR) is 54.3 cm³/mol. The summed E-state index contributed by atoms with van der Waals surface area (Å²) in [4.78, 5) is 0. The van der Waals surface area contributed by atoms with Crippen LogP contribution >= 0.6 is 22.2 Å². The van der Waals surface area contributed by atoms with E-state index in [0.29, 0.717) is 12.2 Å². The van der Waals surface area contributed by atoms with Crippen molar-refractivity contribution in [1.29, 1.82) is 0 Å². The van der Waals surface area contributed by atoms with Gasteiger partial charge in [-0.25, -0.2) is 0 Å². The lowest BCUT2D eigenvalue weighted by molar-refractivity contribution is 0.357. The third-order valence-corrected chi connectivity index (χ3v) is 4.98. The highest BCUT2D eigenvalue weighted by molar-refractivity contribution is 7.33. The SMILES string of the molecule is Cl[SiH](Cl)CCC1CCC2OC2C1. The zero-order valence-electron chi connectivity index (χ0n) is 7.01. The molecule has 3 atom stereocenters. The van der Waals surface area contributed by atoms with Crippen LogP contribution in [-0.4, -0.2) is 19.6 Å². The largest absolute Gasteiger partial charge is 0.370 e. The Bertz CT molecular complexity index is 165. The molecule has 1 saturated heterocycles. The van der Waals surface area contributed by atoms with Crippen molar-refractivity contribution < 1.29 is 4.74 Å². The maximum Gasteiger partial charge on any atom is 0.237 e. The van der Waals surface area contributed by atoms with Gasteiger partial charge < -0.3 is 4.74 Å². The van der Waals surface area contributed by atoms with Crippen LogP contribution in [0.2, 0.25) is 6.04 Å². The summed E-state index contributed by atoms with van der Waals surface area (Å²) in [5, 5.41) is 0. The fourth-order valence-corrected chi connectivity index (χ4v) is 3.59. The van der Waals surface area contributed by atoms with Crippen LogP contribution in [-0.2, 0) is 4.74 Å². The van der Waals surface area contributed by atoms with Gasteiger partial charge in [0.05, 0.1) is 12.2 Å². The van der Waals surface area contributed by atoms with E-state index in [-0.39, 0.29) is 0 Å². The molecule has 4 heteroatoms. The highest BCUT2D eigenvalue weighted by Gasteiger charge is 2.43. The van der Waals surface area contributed by atoms with E-state index in [1.807, 2.05) is 0 Å². The topological polar surface area (TPSA) is 12.5 Å². The molecular weight excluding hydrogens is 211 g/mol. The second-order valence-electron chi connectivity index (χ2n) is 3.86. The van der Waals surface area contributed by atoms with Crippen LogP contribution in [0.1, 0.15) is 25.7 Å². The first-order valence-corrected chi connectivity index (χ1v) is 9.00. The van der Waals surface area contributed by atoms with Crippen LogP contribution in [0, 0.1) is 5.92 Å². The molecule has 0 radical (unpaired) electrons. The lowest BCUT2D eigenvalue weighted by Crippen LogP contribution is -2.14. The van der Waals surface area contributed by atoms with Crippen molar-refractivity contribution in [1.82, 2.24) is 0 Å². The van der Waals surface area contributed by atoms with Gasteiger partial charge in [-0.3, -0.25) is 0 Å². The lowest BCUT2D eigenvalue weighted by atomic mass is 9.88. The van der Waals surface area contributed by atoms with Crippen molar-refractivity contribution in [3.63, 3.8) is 0 Å². The first-order valence-electron chi connectivity index (χ1n) is 4.69. The molecule has 0 bridgehead atoms. The van der Waals surface area contributed by atoms with Gasteiger partial charge in [-0.05, 0) is 31.2 Å². The molecular formula is C8H14Cl2OSi. The molecule has 0 aromatic carbocycles. The van der Waals surface area contributed by atoms with Gasteiger partial charge in [-0.1, -0.05) is 6.42 Å². The van der Waals surface area contributed by atoms with Crippen LogP contribution in [0.3, 0.4) is 0 Å². The molecule has 2 rings (SSSR count). The third-order valence-electron chi connectivity index (χ3n) is 2.91. The van der Waals surface area contributed by atoms with Gasteiger partial charge in [0.2, 0.25) is 7.42 Å². The highest BCUT2D eigenvalue weighted by Crippen LogP contribution is 2.41. The minimum Gasteiger partial charge on any atom is -0.370 e. The molecule has 70 valence electrons. The summed E-state index contributed by atoms with van der Waals surface area (Å²) < 4.78 is 5.46. The first kappa shape index (κ1) is 9.32. The Morgan fingerprint density at radius 2 is 2.08 bits per heavy atom. The van der Waals surface area contributed by atoms with E-state index < -0.39 is 7.42 Å². The molecule has 1 heterocycles. The Morgan fingerprint density at radius 1 is 1.25 bits per heavy atom. The molecule has 1 aliphatic heterocycles. The number of ether oxygens (including phenoxy) is 1. The summed E-state index contributed by atoms with van der Waals surface area (Å²) in [5.74, 6) is 0.848. The summed E-state index contributed by atoms with van der Waals surface area (Å²) in [6.07, 6.45) is 6.33. The Morgan fingerprint density at radius 3 is 2.75 bits per heavy atom. The van der Waals surface area contributed by atoms with Gasteiger partial charge in [0.1, 0.15) is 0 Å². The van der Waals surface area contributed by atoms with E-state index in [9.17, 15) is 0 Å². The normalized spacial score (nSPS) is 39.8. The summed E-state index contributed by atoms with van der Waals surface area (Å²) in [7, 11) is -1.34. The average molecular weight is 225 g/mol. The minimum absolute atomic E-state index is 0.606. The lowest BCUT2D eigenvalue weighted by Gasteiger charge is -2.18. The zero-order valence-corrected chi connectivity index (χ0v) is 9.68. The zero-order chi connectivity index (χ0) is 8.55. The molecule has 1 nitrogen and oxygen atoms in total. The van der Waals surface area contributed by atoms with Crippen LogP contribution in [0.15, 0.2) is 0 Å². The Kier molecular flexibility index (Phi) is 3.00. The molecule has 1 saturated carbocycles. The predicted octanol–water partition coefficient (Wildman–Crippen LogP) is 2.64. The Hall–Kier alpha value is 0.757. The second-order valence-corrected chi connectivity index (χ2v) is 9.05. The molecule has 12 heavy (non-hydrogen) atoms. The van der Waals surface area contributed by atoms with Crippen LogP contribution < -0.4 is 0 Å². The molecule has 2 aliphatic rings. The van der Waals surface area contributed by atoms with Gasteiger partial charge in [-0.2, -0.15) is 22.2 Å². The molecule has 0 N–H and O–H groups in total. The fourth-order valence-electron chi connectivity index (χ4n) is 2.11. The number of hydrogen-bond acceptors (Lipinski definition) is 1. The van der Waals surface area contributed by atoms with Crippen LogP contribution in [0.4, 0.5) is 0 Å². The average Bonchev–Trinajstić information content (AvgIpc) is 2.78. The summed E-state index contributed by atoms with van der Waals surface area (Å²) >= 11 is 11.6. The van der Waals surface area contributed by atoms with Crippen LogP contribution in [0.25, 0.3) is 0 Å². The number of hydrogen-bond donors (Lipinski definition) is 0.